The molecule has 0 bridgehead atoms. The van der Waals surface area contributed by atoms with Gasteiger partial charge in [-0.05, 0) is 14.0 Å². The molecule has 0 radical (unpaired) electrons. The van der Waals surface area contributed by atoms with Crippen LogP contribution in [0.5, 0.6) is 0 Å². The smallest absolute Gasteiger partial charge is 0.143 e. The molecular formula is C9H15N3O. The van der Waals surface area contributed by atoms with E-state index >= 15 is 0 Å². The average molecular weight is 181 g/mol. The first-order valence-electron chi connectivity index (χ1n) is 4.23. The van der Waals surface area contributed by atoms with Gasteiger partial charge in [0.15, 0.2) is 0 Å². The standard InChI is InChI=1S/C9H15N3O/c1-8(13)5-11(2)6-9-4-10-12(3)7-9/h4,7H,5-6H2,1-3H3. The normalized spacial score (nSPS) is 10.8. The van der Waals surface area contributed by atoms with Gasteiger partial charge in [0, 0.05) is 25.4 Å². The van der Waals surface area contributed by atoms with E-state index in [1.807, 2.05) is 31.4 Å². The number of aromatic nitrogens is 2. The molecule has 0 aliphatic carbocycles. The summed E-state index contributed by atoms with van der Waals surface area (Å²) < 4.78 is 1.76. The summed E-state index contributed by atoms with van der Waals surface area (Å²) in [5.74, 6) is 0.186. The molecule has 0 amide bonds. The third-order valence-corrected chi connectivity index (χ3v) is 1.70. The van der Waals surface area contributed by atoms with E-state index in [4.69, 9.17) is 0 Å². The molecule has 4 nitrogen and oxygen atoms in total. The van der Waals surface area contributed by atoms with Gasteiger partial charge in [0.05, 0.1) is 12.7 Å². The van der Waals surface area contributed by atoms with Gasteiger partial charge in [0.25, 0.3) is 0 Å². The number of nitrogens with zero attached hydrogens (tertiary/aromatic N) is 3. The molecule has 0 saturated heterocycles. The van der Waals surface area contributed by atoms with Crippen molar-refractivity contribution in [2.45, 2.75) is 13.5 Å². The molecule has 0 saturated carbocycles. The van der Waals surface area contributed by atoms with Crippen molar-refractivity contribution in [2.24, 2.45) is 7.05 Å². The minimum Gasteiger partial charge on any atom is -0.299 e. The molecule has 1 heterocycles. The molecule has 0 fully saturated rings. The maximum atomic E-state index is 10.8. The van der Waals surface area contributed by atoms with E-state index in [0.29, 0.717) is 6.54 Å². The third-order valence-electron chi connectivity index (χ3n) is 1.70. The van der Waals surface area contributed by atoms with Crippen LogP contribution in [-0.2, 0) is 18.4 Å². The molecule has 1 rings (SSSR count). The monoisotopic (exact) mass is 181 g/mol. The maximum absolute atomic E-state index is 10.8. The lowest BCUT2D eigenvalue weighted by atomic mass is 10.3. The fraction of sp³-hybridized carbons (Fsp3) is 0.556. The van der Waals surface area contributed by atoms with Crippen molar-refractivity contribution in [2.75, 3.05) is 13.6 Å². The molecule has 0 N–H and O–H groups in total. The number of aryl methyl sites for hydroxylation is 1. The van der Waals surface area contributed by atoms with Gasteiger partial charge >= 0.3 is 0 Å². The summed E-state index contributed by atoms with van der Waals surface area (Å²) in [6, 6.07) is 0. The van der Waals surface area contributed by atoms with Gasteiger partial charge in [-0.25, -0.2) is 0 Å². The van der Waals surface area contributed by atoms with Crippen LogP contribution in [0.3, 0.4) is 0 Å². The zero-order valence-corrected chi connectivity index (χ0v) is 8.32. The van der Waals surface area contributed by atoms with Gasteiger partial charge in [0.1, 0.15) is 5.78 Å². The van der Waals surface area contributed by atoms with Gasteiger partial charge in [0.2, 0.25) is 0 Å². The van der Waals surface area contributed by atoms with Crippen LogP contribution in [0.4, 0.5) is 0 Å². The SMILES string of the molecule is CC(=O)CN(C)Cc1cnn(C)c1. The fourth-order valence-electron chi connectivity index (χ4n) is 1.30. The zero-order chi connectivity index (χ0) is 9.84. The third kappa shape index (κ3) is 3.38. The summed E-state index contributed by atoms with van der Waals surface area (Å²) >= 11 is 0. The van der Waals surface area contributed by atoms with Crippen molar-refractivity contribution in [1.82, 2.24) is 14.7 Å². The van der Waals surface area contributed by atoms with Crippen LogP contribution >= 0.6 is 0 Å². The number of carbonyl (C=O) groups excluding carboxylic acids is 1. The second-order valence-electron chi connectivity index (χ2n) is 3.40. The molecule has 1 aromatic rings. The number of Topliss-reactive ketones (excluding diaryl/α,β-unsaturated/α-hetero) is 1. The van der Waals surface area contributed by atoms with Crippen LogP contribution in [0, 0.1) is 0 Å². The van der Waals surface area contributed by atoms with Gasteiger partial charge < -0.3 is 0 Å². The van der Waals surface area contributed by atoms with E-state index in [-0.39, 0.29) is 5.78 Å². The van der Waals surface area contributed by atoms with Crippen molar-refractivity contribution in [3.8, 4) is 0 Å². The van der Waals surface area contributed by atoms with E-state index in [2.05, 4.69) is 5.10 Å². The van der Waals surface area contributed by atoms with E-state index in [0.717, 1.165) is 12.1 Å². The van der Waals surface area contributed by atoms with Gasteiger partial charge in [-0.1, -0.05) is 0 Å². The summed E-state index contributed by atoms with van der Waals surface area (Å²) in [4.78, 5) is 12.8. The van der Waals surface area contributed by atoms with Crippen LogP contribution < -0.4 is 0 Å². The molecular weight excluding hydrogens is 166 g/mol. The number of hydrogen-bond donors (Lipinski definition) is 0. The summed E-state index contributed by atoms with van der Waals surface area (Å²) in [5, 5.41) is 4.05. The second-order valence-corrected chi connectivity index (χ2v) is 3.40. The molecule has 0 atom stereocenters. The molecule has 0 unspecified atom stereocenters. The Hall–Kier alpha value is -1.16. The first-order valence-corrected chi connectivity index (χ1v) is 4.23. The lowest BCUT2D eigenvalue weighted by Gasteiger charge is -2.12. The van der Waals surface area contributed by atoms with E-state index < -0.39 is 0 Å². The summed E-state index contributed by atoms with van der Waals surface area (Å²) in [6.07, 6.45) is 3.77. The van der Waals surface area contributed by atoms with E-state index in [9.17, 15) is 4.79 Å². The molecule has 1 aromatic heterocycles. The van der Waals surface area contributed by atoms with Crippen molar-refractivity contribution in [1.29, 1.82) is 0 Å². The Balaban J connectivity index is 2.44. The first kappa shape index (κ1) is 9.92. The molecule has 72 valence electrons. The lowest BCUT2D eigenvalue weighted by Crippen LogP contribution is -2.23. The molecule has 0 spiro atoms. The van der Waals surface area contributed by atoms with Gasteiger partial charge in [-0.15, -0.1) is 0 Å². The highest BCUT2D eigenvalue weighted by molar-refractivity contribution is 5.77. The Labute approximate surface area is 78.1 Å². The Bertz CT molecular complexity index is 293. The Morgan fingerprint density at radius 1 is 1.69 bits per heavy atom. The Morgan fingerprint density at radius 3 is 2.85 bits per heavy atom. The first-order chi connectivity index (χ1) is 6.08. The number of likely N-dealkylation sites (N-methyl/N-ethyl adjacent to an activating group) is 1. The molecule has 4 heteroatoms. The highest BCUT2D eigenvalue weighted by Gasteiger charge is 2.03. The average Bonchev–Trinajstić information content (AvgIpc) is 2.33. The van der Waals surface area contributed by atoms with Crippen LogP contribution in [-0.4, -0.2) is 34.1 Å². The number of hydrogen-bond acceptors (Lipinski definition) is 3. The largest absolute Gasteiger partial charge is 0.299 e. The number of rotatable bonds is 4. The predicted molar refractivity (Wildman–Crippen MR) is 50.2 cm³/mol. The minimum absolute atomic E-state index is 0.186. The van der Waals surface area contributed by atoms with Crippen LogP contribution in [0.15, 0.2) is 12.4 Å². The minimum atomic E-state index is 0.186. The van der Waals surface area contributed by atoms with Gasteiger partial charge in [-0.2, -0.15) is 5.10 Å². The van der Waals surface area contributed by atoms with Crippen molar-refractivity contribution in [3.63, 3.8) is 0 Å². The number of ketones is 1. The molecule has 0 aliphatic rings. The quantitative estimate of drug-likeness (QED) is 0.676. The molecule has 0 aromatic carbocycles. The van der Waals surface area contributed by atoms with Crippen molar-refractivity contribution < 1.29 is 4.79 Å². The predicted octanol–water partition coefficient (Wildman–Crippen LogP) is 0.441. The lowest BCUT2D eigenvalue weighted by molar-refractivity contribution is -0.117. The van der Waals surface area contributed by atoms with Crippen molar-refractivity contribution >= 4 is 5.78 Å². The number of carbonyl (C=O) groups is 1. The molecule has 13 heavy (non-hydrogen) atoms. The van der Waals surface area contributed by atoms with Crippen molar-refractivity contribution in [3.05, 3.63) is 18.0 Å². The maximum Gasteiger partial charge on any atom is 0.143 e. The Morgan fingerprint density at radius 2 is 2.38 bits per heavy atom. The zero-order valence-electron chi connectivity index (χ0n) is 8.32. The van der Waals surface area contributed by atoms with E-state index in [1.54, 1.807) is 11.6 Å². The van der Waals surface area contributed by atoms with Gasteiger partial charge in [-0.3, -0.25) is 14.4 Å². The fourth-order valence-corrected chi connectivity index (χ4v) is 1.30. The summed E-state index contributed by atoms with van der Waals surface area (Å²) in [5.41, 5.74) is 1.13. The van der Waals surface area contributed by atoms with Crippen LogP contribution in [0.1, 0.15) is 12.5 Å². The topological polar surface area (TPSA) is 38.1 Å². The van der Waals surface area contributed by atoms with Crippen LogP contribution in [0.25, 0.3) is 0 Å². The van der Waals surface area contributed by atoms with E-state index in [1.165, 1.54) is 0 Å². The Kier molecular flexibility index (Phi) is 3.19. The summed E-state index contributed by atoms with van der Waals surface area (Å²) in [7, 11) is 3.81. The van der Waals surface area contributed by atoms with Crippen LogP contribution in [0.2, 0.25) is 0 Å². The second kappa shape index (κ2) is 4.18. The molecule has 0 aliphatic heterocycles. The highest BCUT2D eigenvalue weighted by Crippen LogP contribution is 2.00. The summed E-state index contributed by atoms with van der Waals surface area (Å²) in [6.45, 7) is 2.86. The highest BCUT2D eigenvalue weighted by atomic mass is 16.1.